The number of hydrogen-bond acceptors (Lipinski definition) is 6. The number of thiol groups is 1. The molecule has 2 aromatic rings. The number of primary amides is 1. The van der Waals surface area contributed by atoms with Crippen molar-refractivity contribution in [1.29, 1.82) is 0 Å². The molecule has 1 heterocycles. The maximum absolute atomic E-state index is 11.9. The van der Waals surface area contributed by atoms with Crippen molar-refractivity contribution in [1.82, 2.24) is 9.97 Å². The Balaban J connectivity index is 2.68. The molecule has 0 bridgehead atoms. The van der Waals surface area contributed by atoms with Crippen LogP contribution in [0.3, 0.4) is 0 Å². The van der Waals surface area contributed by atoms with Crippen LogP contribution < -0.4 is 10.6 Å². The summed E-state index contributed by atoms with van der Waals surface area (Å²) in [6.07, 6.45) is 0. The summed E-state index contributed by atoms with van der Waals surface area (Å²) in [6, 6.07) is 4.67. The number of para-hydroxylation sites is 2. The van der Waals surface area contributed by atoms with Crippen molar-refractivity contribution in [2.75, 3.05) is 4.90 Å². The molecule has 0 radical (unpaired) electrons. The maximum atomic E-state index is 11.9. The Labute approximate surface area is 141 Å². The topological polar surface area (TPSA) is 115 Å². The number of carbonyl (C=O) groups excluding carboxylic acids is 1. The van der Waals surface area contributed by atoms with E-state index in [0.717, 1.165) is 4.90 Å². The number of rotatable bonds is 4. The summed E-state index contributed by atoms with van der Waals surface area (Å²) in [5.74, 6) is 0.108. The Morgan fingerprint density at radius 3 is 2.65 bits per heavy atom. The molecule has 1 aromatic heterocycles. The minimum atomic E-state index is -0.968. The van der Waals surface area contributed by atoms with Crippen molar-refractivity contribution < 1.29 is 9.72 Å². The summed E-state index contributed by atoms with van der Waals surface area (Å²) >= 11 is 10.2. The van der Waals surface area contributed by atoms with Crippen LogP contribution in [-0.2, 0) is 5.75 Å². The number of aromatic nitrogens is 2. The fourth-order valence-electron chi connectivity index (χ4n) is 1.91. The highest BCUT2D eigenvalue weighted by Crippen LogP contribution is 2.33. The third-order valence-electron chi connectivity index (χ3n) is 3.06. The van der Waals surface area contributed by atoms with Crippen molar-refractivity contribution in [2.45, 2.75) is 12.7 Å². The van der Waals surface area contributed by atoms with Crippen LogP contribution in [0.2, 0.25) is 5.15 Å². The summed E-state index contributed by atoms with van der Waals surface area (Å²) in [5, 5.41) is 11.3. The first-order valence-corrected chi connectivity index (χ1v) is 7.34. The van der Waals surface area contributed by atoms with Crippen molar-refractivity contribution in [3.8, 4) is 0 Å². The molecule has 0 saturated heterocycles. The van der Waals surface area contributed by atoms with Crippen molar-refractivity contribution in [3.63, 3.8) is 0 Å². The van der Waals surface area contributed by atoms with Crippen LogP contribution in [0.4, 0.5) is 22.1 Å². The van der Waals surface area contributed by atoms with Crippen LogP contribution in [0.25, 0.3) is 0 Å². The number of benzene rings is 1. The van der Waals surface area contributed by atoms with Gasteiger partial charge in [-0.1, -0.05) is 23.7 Å². The Hall–Kier alpha value is -2.39. The fourth-order valence-corrected chi connectivity index (χ4v) is 2.40. The van der Waals surface area contributed by atoms with Crippen molar-refractivity contribution in [3.05, 3.63) is 50.8 Å². The third kappa shape index (κ3) is 3.35. The molecular weight excluding hydrogens is 342 g/mol. The van der Waals surface area contributed by atoms with Gasteiger partial charge >= 0.3 is 6.03 Å². The van der Waals surface area contributed by atoms with E-state index in [9.17, 15) is 14.9 Å². The molecule has 2 amide bonds. The number of halogens is 1. The largest absolute Gasteiger partial charge is 0.351 e. The Morgan fingerprint density at radius 2 is 2.09 bits per heavy atom. The molecule has 0 atom stereocenters. The SMILES string of the molecule is Cc1c(Cl)nc(N(C(N)=O)c2ccccc2[N+](=O)[O-])nc1CS. The zero-order chi connectivity index (χ0) is 17.1. The molecule has 0 aliphatic heterocycles. The van der Waals surface area contributed by atoms with Gasteiger partial charge in [-0.25, -0.2) is 14.7 Å². The number of nitro benzene ring substituents is 1. The lowest BCUT2D eigenvalue weighted by Gasteiger charge is -2.19. The molecule has 0 saturated carbocycles. The van der Waals surface area contributed by atoms with Crippen molar-refractivity contribution >= 4 is 47.6 Å². The van der Waals surface area contributed by atoms with E-state index in [-0.39, 0.29) is 28.2 Å². The standard InChI is InChI=1S/C13H12ClN5O3S/c1-7-8(6-23)16-13(17-11(7)14)18(12(15)20)9-4-2-3-5-10(9)19(21)22/h2-5,23H,6H2,1H3,(H2,15,20). The van der Waals surface area contributed by atoms with E-state index < -0.39 is 11.0 Å². The number of anilines is 2. The van der Waals surface area contributed by atoms with E-state index >= 15 is 0 Å². The van der Waals surface area contributed by atoms with E-state index in [0.29, 0.717) is 11.3 Å². The average molecular weight is 354 g/mol. The average Bonchev–Trinajstić information content (AvgIpc) is 2.50. The van der Waals surface area contributed by atoms with Crippen LogP contribution in [0.5, 0.6) is 0 Å². The van der Waals surface area contributed by atoms with Gasteiger partial charge in [-0.15, -0.1) is 0 Å². The van der Waals surface area contributed by atoms with Gasteiger partial charge in [0.2, 0.25) is 5.95 Å². The first kappa shape index (κ1) is 17.0. The van der Waals surface area contributed by atoms with E-state index in [2.05, 4.69) is 22.6 Å². The summed E-state index contributed by atoms with van der Waals surface area (Å²) in [7, 11) is 0. The highest BCUT2D eigenvalue weighted by molar-refractivity contribution is 7.79. The summed E-state index contributed by atoms with van der Waals surface area (Å²) in [6.45, 7) is 1.71. The fraction of sp³-hybridized carbons (Fsp3) is 0.154. The zero-order valence-electron chi connectivity index (χ0n) is 11.9. The van der Waals surface area contributed by atoms with Gasteiger partial charge in [0.05, 0.1) is 10.6 Å². The molecule has 2 N–H and O–H groups in total. The Kier molecular flexibility index (Phi) is 5.02. The molecule has 2 rings (SSSR count). The molecule has 8 nitrogen and oxygen atoms in total. The van der Waals surface area contributed by atoms with Gasteiger partial charge < -0.3 is 5.73 Å². The molecule has 10 heteroatoms. The minimum absolute atomic E-state index is 0.0463. The Morgan fingerprint density at radius 1 is 1.43 bits per heavy atom. The number of urea groups is 1. The normalized spacial score (nSPS) is 10.4. The van der Waals surface area contributed by atoms with Crippen LogP contribution in [-0.4, -0.2) is 20.9 Å². The van der Waals surface area contributed by atoms with E-state index in [1.54, 1.807) is 6.92 Å². The van der Waals surface area contributed by atoms with E-state index in [1.807, 2.05) is 0 Å². The van der Waals surface area contributed by atoms with Crippen LogP contribution in [0, 0.1) is 17.0 Å². The minimum Gasteiger partial charge on any atom is -0.351 e. The number of nitro groups is 1. The highest BCUT2D eigenvalue weighted by Gasteiger charge is 2.27. The van der Waals surface area contributed by atoms with Gasteiger partial charge in [0, 0.05) is 17.4 Å². The third-order valence-corrected chi connectivity index (χ3v) is 3.73. The van der Waals surface area contributed by atoms with Crippen LogP contribution >= 0.6 is 24.2 Å². The molecule has 0 unspecified atom stereocenters. The number of hydrogen-bond donors (Lipinski definition) is 2. The second-order valence-electron chi connectivity index (χ2n) is 4.46. The van der Waals surface area contributed by atoms with Crippen molar-refractivity contribution in [2.24, 2.45) is 5.73 Å². The molecular formula is C13H12ClN5O3S. The number of nitrogens with zero attached hydrogens (tertiary/aromatic N) is 4. The van der Waals surface area contributed by atoms with E-state index in [1.165, 1.54) is 24.3 Å². The van der Waals surface area contributed by atoms with E-state index in [4.69, 9.17) is 17.3 Å². The van der Waals surface area contributed by atoms with Gasteiger partial charge in [-0.05, 0) is 13.0 Å². The lowest BCUT2D eigenvalue weighted by atomic mass is 10.2. The maximum Gasteiger partial charge on any atom is 0.326 e. The van der Waals surface area contributed by atoms with Gasteiger partial charge in [0.25, 0.3) is 5.69 Å². The highest BCUT2D eigenvalue weighted by atomic mass is 35.5. The quantitative estimate of drug-likeness (QED) is 0.379. The first-order chi connectivity index (χ1) is 10.9. The number of nitrogens with two attached hydrogens (primary N) is 1. The van der Waals surface area contributed by atoms with Gasteiger partial charge in [0.1, 0.15) is 10.8 Å². The second kappa shape index (κ2) is 6.80. The molecule has 0 fully saturated rings. The Bertz CT molecular complexity index is 786. The second-order valence-corrected chi connectivity index (χ2v) is 5.14. The number of amides is 2. The molecule has 0 aliphatic carbocycles. The molecule has 0 aliphatic rings. The van der Waals surface area contributed by atoms with Gasteiger partial charge in [-0.2, -0.15) is 17.6 Å². The molecule has 23 heavy (non-hydrogen) atoms. The summed E-state index contributed by atoms with van der Waals surface area (Å²) in [5.41, 5.74) is 6.12. The van der Waals surface area contributed by atoms with Gasteiger partial charge in [-0.3, -0.25) is 10.1 Å². The first-order valence-electron chi connectivity index (χ1n) is 6.33. The molecule has 0 spiro atoms. The number of carbonyl (C=O) groups is 1. The lowest BCUT2D eigenvalue weighted by Crippen LogP contribution is -2.33. The smallest absolute Gasteiger partial charge is 0.326 e. The molecule has 1 aromatic carbocycles. The van der Waals surface area contributed by atoms with Crippen LogP contribution in [0.1, 0.15) is 11.3 Å². The summed E-state index contributed by atoms with van der Waals surface area (Å²) in [4.78, 5) is 31.4. The molecule has 120 valence electrons. The predicted octanol–water partition coefficient (Wildman–Crippen LogP) is 2.99. The predicted molar refractivity (Wildman–Crippen MR) is 89.3 cm³/mol. The zero-order valence-corrected chi connectivity index (χ0v) is 13.6. The van der Waals surface area contributed by atoms with Gasteiger partial charge in [0.15, 0.2) is 0 Å². The monoisotopic (exact) mass is 353 g/mol. The summed E-state index contributed by atoms with van der Waals surface area (Å²) < 4.78 is 0. The lowest BCUT2D eigenvalue weighted by molar-refractivity contribution is -0.384. The van der Waals surface area contributed by atoms with Crippen LogP contribution in [0.15, 0.2) is 24.3 Å².